The Hall–Kier alpha value is -2.17. The van der Waals surface area contributed by atoms with Crippen LogP contribution in [0.15, 0.2) is 30.5 Å². The van der Waals surface area contributed by atoms with Crippen LogP contribution < -0.4 is 4.74 Å². The molecule has 0 fully saturated rings. The van der Waals surface area contributed by atoms with Crippen molar-refractivity contribution >= 4 is 5.78 Å². The van der Waals surface area contributed by atoms with Crippen molar-refractivity contribution in [3.05, 3.63) is 41.7 Å². The molecule has 0 spiro atoms. The Morgan fingerprint density at radius 2 is 1.88 bits per heavy atom. The van der Waals surface area contributed by atoms with Crippen molar-refractivity contribution < 1.29 is 9.53 Å². The van der Waals surface area contributed by atoms with Crippen molar-refractivity contribution in [1.29, 1.82) is 0 Å². The maximum absolute atomic E-state index is 11.6. The first-order valence-electron chi connectivity index (χ1n) is 8.60. The van der Waals surface area contributed by atoms with Gasteiger partial charge in [0, 0.05) is 18.9 Å². The second-order valence-electron chi connectivity index (χ2n) is 6.71. The predicted octanol–water partition coefficient (Wildman–Crippen LogP) is 3.99. The molecule has 0 aliphatic carbocycles. The highest BCUT2D eigenvalue weighted by molar-refractivity contribution is 5.80. The number of hydrogen-bond acceptors (Lipinski definition) is 4. The molecule has 1 aromatic heterocycles. The van der Waals surface area contributed by atoms with Gasteiger partial charge < -0.3 is 4.74 Å². The molecule has 0 unspecified atom stereocenters. The smallest absolute Gasteiger partial charge is 0.135 e. The Morgan fingerprint density at radius 3 is 2.50 bits per heavy atom. The molecular formula is C19H27N3O2. The highest BCUT2D eigenvalue weighted by Crippen LogP contribution is 2.19. The minimum atomic E-state index is 0.104. The summed E-state index contributed by atoms with van der Waals surface area (Å²) in [5, 5.41) is 8.20. The standard InChI is InChI=1S/C19H27N3O2/c1-14(2)16-7-9-18(10-8-16)24-13-17-12-22(21-20-17)11-5-6-19(23)15(3)4/h7-10,12,14-15H,5-6,11,13H2,1-4H3. The largest absolute Gasteiger partial charge is 0.487 e. The van der Waals surface area contributed by atoms with Crippen molar-refractivity contribution in [2.24, 2.45) is 5.92 Å². The van der Waals surface area contributed by atoms with Crippen molar-refractivity contribution in [3.63, 3.8) is 0 Å². The quantitative estimate of drug-likeness (QED) is 0.698. The number of ether oxygens (including phenoxy) is 1. The molecule has 0 bridgehead atoms. The normalized spacial score (nSPS) is 11.2. The van der Waals surface area contributed by atoms with Crippen LogP contribution in [0.25, 0.3) is 0 Å². The van der Waals surface area contributed by atoms with Crippen LogP contribution in [0, 0.1) is 5.92 Å². The van der Waals surface area contributed by atoms with Crippen LogP contribution in [0.2, 0.25) is 0 Å². The average Bonchev–Trinajstić information content (AvgIpc) is 3.01. The first-order chi connectivity index (χ1) is 11.5. The van der Waals surface area contributed by atoms with Crippen molar-refractivity contribution in [2.75, 3.05) is 0 Å². The lowest BCUT2D eigenvalue weighted by molar-refractivity contribution is -0.122. The Kier molecular flexibility index (Phi) is 6.53. The molecule has 2 aromatic rings. The third-order valence-electron chi connectivity index (χ3n) is 3.97. The zero-order chi connectivity index (χ0) is 17.5. The van der Waals surface area contributed by atoms with E-state index in [4.69, 9.17) is 4.74 Å². The Bertz CT molecular complexity index is 645. The van der Waals surface area contributed by atoms with E-state index in [9.17, 15) is 4.79 Å². The molecule has 0 N–H and O–H groups in total. The number of carbonyl (C=O) groups excluding carboxylic acids is 1. The summed E-state index contributed by atoms with van der Waals surface area (Å²) in [5.74, 6) is 1.74. The van der Waals surface area contributed by atoms with Gasteiger partial charge in [-0.25, -0.2) is 0 Å². The van der Waals surface area contributed by atoms with E-state index in [2.05, 4.69) is 36.3 Å². The summed E-state index contributed by atoms with van der Waals surface area (Å²) >= 11 is 0. The van der Waals surface area contributed by atoms with Crippen LogP contribution in [0.3, 0.4) is 0 Å². The lowest BCUT2D eigenvalue weighted by Gasteiger charge is -2.07. The first-order valence-corrected chi connectivity index (χ1v) is 8.60. The Labute approximate surface area is 144 Å². The highest BCUT2D eigenvalue weighted by atomic mass is 16.5. The monoisotopic (exact) mass is 329 g/mol. The van der Waals surface area contributed by atoms with E-state index in [0.29, 0.717) is 31.3 Å². The van der Waals surface area contributed by atoms with Gasteiger partial charge in [0.05, 0.1) is 6.20 Å². The van der Waals surface area contributed by atoms with Crippen LogP contribution in [-0.2, 0) is 17.9 Å². The number of Topliss-reactive ketones (excluding diaryl/α,β-unsaturated/α-hetero) is 1. The van der Waals surface area contributed by atoms with E-state index in [1.54, 1.807) is 4.68 Å². The van der Waals surface area contributed by atoms with Gasteiger partial charge in [-0.1, -0.05) is 45.0 Å². The third-order valence-corrected chi connectivity index (χ3v) is 3.97. The summed E-state index contributed by atoms with van der Waals surface area (Å²) in [4.78, 5) is 11.6. The van der Waals surface area contributed by atoms with Gasteiger partial charge in [0.25, 0.3) is 0 Å². The van der Waals surface area contributed by atoms with Crippen LogP contribution in [0.4, 0.5) is 0 Å². The molecule has 5 heteroatoms. The van der Waals surface area contributed by atoms with Crippen molar-refractivity contribution in [1.82, 2.24) is 15.0 Å². The predicted molar refractivity (Wildman–Crippen MR) is 94.0 cm³/mol. The van der Waals surface area contributed by atoms with Gasteiger partial charge in [-0.3, -0.25) is 9.48 Å². The molecule has 0 aliphatic rings. The maximum Gasteiger partial charge on any atom is 0.135 e. The minimum absolute atomic E-state index is 0.104. The zero-order valence-corrected chi connectivity index (χ0v) is 15.0. The van der Waals surface area contributed by atoms with Gasteiger partial charge in [0.15, 0.2) is 0 Å². The molecule has 0 radical (unpaired) electrons. The summed E-state index contributed by atoms with van der Waals surface area (Å²) in [5.41, 5.74) is 2.09. The van der Waals surface area contributed by atoms with E-state index in [1.807, 2.05) is 32.2 Å². The molecule has 24 heavy (non-hydrogen) atoms. The van der Waals surface area contributed by atoms with E-state index < -0.39 is 0 Å². The number of carbonyl (C=O) groups is 1. The van der Waals surface area contributed by atoms with Crippen LogP contribution in [0.1, 0.15) is 57.7 Å². The minimum Gasteiger partial charge on any atom is -0.487 e. The lowest BCUT2D eigenvalue weighted by atomic mass is 10.0. The summed E-state index contributed by atoms with van der Waals surface area (Å²) < 4.78 is 7.52. The fourth-order valence-electron chi connectivity index (χ4n) is 2.32. The molecule has 0 aliphatic heterocycles. The first kappa shape index (κ1) is 18.2. The SMILES string of the molecule is CC(C)C(=O)CCCn1cc(COc2ccc(C(C)C)cc2)nn1. The third kappa shape index (κ3) is 5.48. The number of aromatic nitrogens is 3. The van der Waals surface area contributed by atoms with E-state index in [-0.39, 0.29) is 5.92 Å². The molecule has 1 aromatic carbocycles. The second-order valence-corrected chi connectivity index (χ2v) is 6.71. The van der Waals surface area contributed by atoms with E-state index in [0.717, 1.165) is 17.9 Å². The van der Waals surface area contributed by atoms with Gasteiger partial charge in [0.1, 0.15) is 23.8 Å². The molecule has 130 valence electrons. The maximum atomic E-state index is 11.6. The van der Waals surface area contributed by atoms with Gasteiger partial charge >= 0.3 is 0 Å². The molecule has 0 saturated carbocycles. The molecule has 2 rings (SSSR count). The molecule has 0 saturated heterocycles. The summed E-state index contributed by atoms with van der Waals surface area (Å²) in [6.07, 6.45) is 3.26. The molecule has 0 amide bonds. The second kappa shape index (κ2) is 8.62. The number of rotatable bonds is 9. The topological polar surface area (TPSA) is 57.0 Å². The summed E-state index contributed by atoms with van der Waals surface area (Å²) in [6, 6.07) is 8.14. The van der Waals surface area contributed by atoms with Gasteiger partial charge in [-0.15, -0.1) is 5.10 Å². The van der Waals surface area contributed by atoms with Crippen LogP contribution in [0.5, 0.6) is 5.75 Å². The number of hydrogen-bond donors (Lipinski definition) is 0. The van der Waals surface area contributed by atoms with Crippen molar-refractivity contribution in [3.8, 4) is 5.75 Å². The lowest BCUT2D eigenvalue weighted by Crippen LogP contribution is -2.08. The Morgan fingerprint density at radius 1 is 1.17 bits per heavy atom. The van der Waals surface area contributed by atoms with Crippen molar-refractivity contribution in [2.45, 2.75) is 59.6 Å². The Balaban J connectivity index is 1.78. The van der Waals surface area contributed by atoms with Crippen LogP contribution >= 0.6 is 0 Å². The number of aryl methyl sites for hydroxylation is 1. The molecule has 0 atom stereocenters. The molecular weight excluding hydrogens is 302 g/mol. The van der Waals surface area contributed by atoms with Gasteiger partial charge in [0.2, 0.25) is 0 Å². The van der Waals surface area contributed by atoms with E-state index >= 15 is 0 Å². The van der Waals surface area contributed by atoms with E-state index in [1.165, 1.54) is 5.56 Å². The molecule has 1 heterocycles. The number of nitrogens with zero attached hydrogens (tertiary/aromatic N) is 3. The van der Waals surface area contributed by atoms with Gasteiger partial charge in [-0.2, -0.15) is 0 Å². The number of ketones is 1. The highest BCUT2D eigenvalue weighted by Gasteiger charge is 2.08. The van der Waals surface area contributed by atoms with Crippen LogP contribution in [-0.4, -0.2) is 20.8 Å². The fraction of sp³-hybridized carbons (Fsp3) is 0.526. The number of benzene rings is 1. The van der Waals surface area contributed by atoms with Gasteiger partial charge in [-0.05, 0) is 30.0 Å². The molecule has 5 nitrogen and oxygen atoms in total. The fourth-order valence-corrected chi connectivity index (χ4v) is 2.32. The zero-order valence-electron chi connectivity index (χ0n) is 15.0. The summed E-state index contributed by atoms with van der Waals surface area (Å²) in [7, 11) is 0. The summed E-state index contributed by atoms with van der Waals surface area (Å²) in [6.45, 7) is 9.30. The average molecular weight is 329 g/mol.